The Morgan fingerprint density at radius 1 is 1.28 bits per heavy atom. The van der Waals surface area contributed by atoms with E-state index in [-0.39, 0.29) is 11.1 Å². The predicted molar refractivity (Wildman–Crippen MR) is 99.8 cm³/mol. The summed E-state index contributed by atoms with van der Waals surface area (Å²) in [6.45, 7) is 2.03. The van der Waals surface area contributed by atoms with Gasteiger partial charge in [-0.05, 0) is 43.7 Å². The van der Waals surface area contributed by atoms with E-state index in [9.17, 15) is 9.59 Å². The lowest BCUT2D eigenvalue weighted by Gasteiger charge is -2.11. The monoisotopic (exact) mass is 353 g/mol. The van der Waals surface area contributed by atoms with Gasteiger partial charge in [0.25, 0.3) is 11.5 Å². The van der Waals surface area contributed by atoms with E-state index >= 15 is 0 Å². The van der Waals surface area contributed by atoms with Crippen LogP contribution >= 0.6 is 11.3 Å². The highest BCUT2D eigenvalue weighted by molar-refractivity contribution is 7.17. The van der Waals surface area contributed by atoms with Crippen molar-refractivity contribution in [3.63, 3.8) is 0 Å². The molecule has 1 amide bonds. The molecule has 0 bridgehead atoms. The largest absolute Gasteiger partial charge is 0.322 e. The van der Waals surface area contributed by atoms with Crippen LogP contribution in [0.4, 0.5) is 5.69 Å². The van der Waals surface area contributed by atoms with E-state index < -0.39 is 5.91 Å². The highest BCUT2D eigenvalue weighted by Crippen LogP contribution is 2.28. The smallest absolute Gasteiger partial charge is 0.271 e. The third-order valence-electron chi connectivity index (χ3n) is 4.69. The van der Waals surface area contributed by atoms with Crippen LogP contribution in [0.2, 0.25) is 0 Å². The molecule has 0 radical (unpaired) electrons. The number of nitrogens with one attached hydrogen (secondary N) is 1. The second-order valence-electron chi connectivity index (χ2n) is 6.24. The molecule has 6 heteroatoms. The van der Waals surface area contributed by atoms with Gasteiger partial charge in [-0.25, -0.2) is 4.98 Å². The van der Waals surface area contributed by atoms with Gasteiger partial charge in [0.15, 0.2) is 4.96 Å². The number of carbonyl (C=O) groups is 1. The van der Waals surface area contributed by atoms with Crippen molar-refractivity contribution >= 4 is 27.9 Å². The lowest BCUT2D eigenvalue weighted by atomic mass is 10.0. The van der Waals surface area contributed by atoms with Crippen LogP contribution in [0.5, 0.6) is 0 Å². The summed E-state index contributed by atoms with van der Waals surface area (Å²) in [7, 11) is 0. The fraction of sp³-hybridized carbons (Fsp3) is 0.316. The summed E-state index contributed by atoms with van der Waals surface area (Å²) in [6.07, 6.45) is 6.31. The van der Waals surface area contributed by atoms with Gasteiger partial charge in [-0.1, -0.05) is 25.1 Å². The number of aromatic nitrogens is 2. The van der Waals surface area contributed by atoms with E-state index in [1.165, 1.54) is 11.1 Å². The number of thiazole rings is 1. The van der Waals surface area contributed by atoms with Crippen LogP contribution in [0, 0.1) is 0 Å². The van der Waals surface area contributed by atoms with Crippen molar-refractivity contribution in [3.05, 3.63) is 62.5 Å². The molecule has 1 N–H and O–H groups in total. The molecule has 0 atom stereocenters. The van der Waals surface area contributed by atoms with E-state index in [1.54, 1.807) is 15.7 Å². The standard InChI is InChI=1S/C19H19N3O2S/c1-2-12-7-3-4-8-14(12)21-17(23)13-11-20-19-22(18(13)24)15-9-5-6-10-16(15)25-19/h3-4,7-8,11H,2,5-6,9-10H2,1H3,(H,21,23). The minimum Gasteiger partial charge on any atom is -0.322 e. The predicted octanol–water partition coefficient (Wildman–Crippen LogP) is 3.45. The maximum absolute atomic E-state index is 12.9. The molecule has 0 saturated carbocycles. The quantitative estimate of drug-likeness (QED) is 0.784. The zero-order valence-electron chi connectivity index (χ0n) is 14.0. The molecule has 1 aliphatic rings. The van der Waals surface area contributed by atoms with Crippen LogP contribution in [-0.4, -0.2) is 15.3 Å². The molecule has 1 aliphatic carbocycles. The summed E-state index contributed by atoms with van der Waals surface area (Å²) in [4.78, 5) is 31.9. The van der Waals surface area contributed by atoms with Crippen molar-refractivity contribution in [2.45, 2.75) is 39.0 Å². The molecular weight excluding hydrogens is 334 g/mol. The summed E-state index contributed by atoms with van der Waals surface area (Å²) in [5, 5.41) is 2.87. The van der Waals surface area contributed by atoms with Crippen LogP contribution in [0.25, 0.3) is 4.96 Å². The van der Waals surface area contributed by atoms with Gasteiger partial charge in [-0.2, -0.15) is 0 Å². The molecule has 5 nitrogen and oxygen atoms in total. The number of para-hydroxylation sites is 1. The first kappa shape index (κ1) is 16.0. The van der Waals surface area contributed by atoms with Crippen LogP contribution < -0.4 is 10.9 Å². The van der Waals surface area contributed by atoms with Gasteiger partial charge in [0.05, 0.1) is 0 Å². The van der Waals surface area contributed by atoms with Gasteiger partial charge in [0.2, 0.25) is 0 Å². The number of rotatable bonds is 3. The van der Waals surface area contributed by atoms with Gasteiger partial charge in [0, 0.05) is 22.5 Å². The Morgan fingerprint density at radius 2 is 2.08 bits per heavy atom. The number of carbonyl (C=O) groups excluding carboxylic acids is 1. The molecular formula is C19H19N3O2S. The molecule has 0 saturated heterocycles. The van der Waals surface area contributed by atoms with Gasteiger partial charge >= 0.3 is 0 Å². The lowest BCUT2D eigenvalue weighted by Crippen LogP contribution is -2.27. The van der Waals surface area contributed by atoms with Gasteiger partial charge in [0.1, 0.15) is 5.56 Å². The molecule has 2 heterocycles. The first-order chi connectivity index (χ1) is 12.2. The van der Waals surface area contributed by atoms with Crippen molar-refractivity contribution in [1.29, 1.82) is 0 Å². The average molecular weight is 353 g/mol. The lowest BCUT2D eigenvalue weighted by molar-refractivity contribution is 0.102. The minimum atomic E-state index is -0.399. The summed E-state index contributed by atoms with van der Waals surface area (Å²) in [5.74, 6) is -0.399. The molecule has 0 fully saturated rings. The summed E-state index contributed by atoms with van der Waals surface area (Å²) < 4.78 is 1.64. The first-order valence-electron chi connectivity index (χ1n) is 8.60. The normalized spacial score (nSPS) is 13.6. The van der Waals surface area contributed by atoms with Crippen LogP contribution in [-0.2, 0) is 19.3 Å². The molecule has 0 spiro atoms. The van der Waals surface area contributed by atoms with Crippen LogP contribution in [0.15, 0.2) is 35.3 Å². The Hall–Kier alpha value is -2.47. The molecule has 25 heavy (non-hydrogen) atoms. The Labute approximate surface area is 149 Å². The first-order valence-corrected chi connectivity index (χ1v) is 9.42. The number of hydrogen-bond acceptors (Lipinski definition) is 4. The van der Waals surface area contributed by atoms with Crippen molar-refractivity contribution < 1.29 is 4.79 Å². The zero-order chi connectivity index (χ0) is 17.4. The van der Waals surface area contributed by atoms with Gasteiger partial charge < -0.3 is 5.32 Å². The average Bonchev–Trinajstić information content (AvgIpc) is 3.01. The number of anilines is 1. The summed E-state index contributed by atoms with van der Waals surface area (Å²) in [5.41, 5.74) is 2.64. The summed E-state index contributed by atoms with van der Waals surface area (Å²) >= 11 is 1.56. The summed E-state index contributed by atoms with van der Waals surface area (Å²) in [6, 6.07) is 7.64. The number of aryl methyl sites for hydroxylation is 3. The molecule has 3 aromatic rings. The number of benzene rings is 1. The highest BCUT2D eigenvalue weighted by Gasteiger charge is 2.21. The Bertz CT molecular complexity index is 1020. The van der Waals surface area contributed by atoms with Crippen molar-refractivity contribution in [3.8, 4) is 0 Å². The van der Waals surface area contributed by atoms with Crippen LogP contribution in [0.3, 0.4) is 0 Å². The van der Waals surface area contributed by atoms with E-state index in [4.69, 9.17) is 0 Å². The van der Waals surface area contributed by atoms with Crippen molar-refractivity contribution in [2.75, 3.05) is 5.32 Å². The number of nitrogens with zero attached hydrogens (tertiary/aromatic N) is 2. The molecule has 4 rings (SSSR count). The second-order valence-corrected chi connectivity index (χ2v) is 7.30. The highest BCUT2D eigenvalue weighted by atomic mass is 32.1. The third-order valence-corrected chi connectivity index (χ3v) is 5.85. The second kappa shape index (κ2) is 6.44. The minimum absolute atomic E-state index is 0.0922. The fourth-order valence-electron chi connectivity index (χ4n) is 3.36. The maximum Gasteiger partial charge on any atom is 0.271 e. The van der Waals surface area contributed by atoms with Crippen LogP contribution in [0.1, 0.15) is 46.3 Å². The Balaban J connectivity index is 1.75. The van der Waals surface area contributed by atoms with E-state index in [0.29, 0.717) is 4.96 Å². The molecule has 128 valence electrons. The Kier molecular flexibility index (Phi) is 4.13. The molecule has 1 aromatic carbocycles. The molecule has 0 unspecified atom stereocenters. The topological polar surface area (TPSA) is 63.5 Å². The van der Waals surface area contributed by atoms with E-state index in [2.05, 4.69) is 10.3 Å². The van der Waals surface area contributed by atoms with E-state index in [1.807, 2.05) is 31.2 Å². The van der Waals surface area contributed by atoms with Crippen molar-refractivity contribution in [1.82, 2.24) is 9.38 Å². The SMILES string of the molecule is CCc1ccccc1NC(=O)c1cnc2sc3c(n2c1=O)CCCC3. The van der Waals surface area contributed by atoms with E-state index in [0.717, 1.165) is 49.0 Å². The number of hydrogen-bond donors (Lipinski definition) is 1. The zero-order valence-corrected chi connectivity index (χ0v) is 14.9. The Morgan fingerprint density at radius 3 is 2.92 bits per heavy atom. The number of amides is 1. The van der Waals surface area contributed by atoms with Crippen molar-refractivity contribution in [2.24, 2.45) is 0 Å². The van der Waals surface area contributed by atoms with Gasteiger partial charge in [-0.15, -0.1) is 11.3 Å². The number of fused-ring (bicyclic) bond motifs is 3. The molecule has 0 aliphatic heterocycles. The third kappa shape index (κ3) is 2.76. The maximum atomic E-state index is 12.9. The van der Waals surface area contributed by atoms with Gasteiger partial charge in [-0.3, -0.25) is 14.0 Å². The molecule has 2 aromatic heterocycles. The fourth-order valence-corrected chi connectivity index (χ4v) is 4.53.